The number of likely N-dealkylation sites (N-methyl/N-ethyl adjacent to an activating group) is 1. The molecule has 1 aromatic carbocycles. The minimum absolute atomic E-state index is 0.0706. The van der Waals surface area contributed by atoms with Crippen molar-refractivity contribution in [3.63, 3.8) is 0 Å². The molecular formula is C13H20BrFN2O3S. The van der Waals surface area contributed by atoms with Crippen LogP contribution in [0.2, 0.25) is 0 Å². The highest BCUT2D eigenvalue weighted by Crippen LogP contribution is 2.26. The van der Waals surface area contributed by atoms with Crippen molar-refractivity contribution in [1.29, 1.82) is 0 Å². The predicted octanol–water partition coefficient (Wildman–Crippen LogP) is 2.09. The van der Waals surface area contributed by atoms with E-state index in [1.807, 2.05) is 6.92 Å². The summed E-state index contributed by atoms with van der Waals surface area (Å²) in [5, 5.41) is 0. The van der Waals surface area contributed by atoms with E-state index in [0.717, 1.165) is 0 Å². The van der Waals surface area contributed by atoms with Crippen LogP contribution in [0.5, 0.6) is 0 Å². The molecule has 5 nitrogen and oxygen atoms in total. The molecule has 2 N–H and O–H groups in total. The smallest absolute Gasteiger partial charge is 0.246 e. The van der Waals surface area contributed by atoms with Crippen molar-refractivity contribution in [2.24, 2.45) is 5.73 Å². The second-order valence-corrected chi connectivity index (χ2v) is 7.10. The van der Waals surface area contributed by atoms with Crippen LogP contribution in [0.1, 0.15) is 19.4 Å². The quantitative estimate of drug-likeness (QED) is 0.698. The van der Waals surface area contributed by atoms with Gasteiger partial charge in [-0.05, 0) is 19.1 Å². The lowest BCUT2D eigenvalue weighted by Crippen LogP contribution is -2.34. The van der Waals surface area contributed by atoms with E-state index in [4.69, 9.17) is 10.5 Å². The standard InChI is InChI=1S/C13H20BrFN2O3S/c1-3-17(5-6-20-4-2)21(18,19)12-8-11(14)7-10(9-16)13(12)15/h7-8H,3-6,9,16H2,1-2H3. The van der Waals surface area contributed by atoms with E-state index in [0.29, 0.717) is 11.1 Å². The van der Waals surface area contributed by atoms with Gasteiger partial charge in [0.1, 0.15) is 10.7 Å². The molecule has 21 heavy (non-hydrogen) atoms. The summed E-state index contributed by atoms with van der Waals surface area (Å²) in [6.45, 7) is 4.63. The lowest BCUT2D eigenvalue weighted by atomic mass is 10.2. The lowest BCUT2D eigenvalue weighted by Gasteiger charge is -2.21. The van der Waals surface area contributed by atoms with Gasteiger partial charge < -0.3 is 10.5 Å². The van der Waals surface area contributed by atoms with E-state index < -0.39 is 15.8 Å². The predicted molar refractivity (Wildman–Crippen MR) is 82.9 cm³/mol. The minimum Gasteiger partial charge on any atom is -0.380 e. The van der Waals surface area contributed by atoms with Crippen LogP contribution in [0, 0.1) is 5.82 Å². The summed E-state index contributed by atoms with van der Waals surface area (Å²) in [5.41, 5.74) is 5.61. The van der Waals surface area contributed by atoms with E-state index in [-0.39, 0.29) is 36.7 Å². The Morgan fingerprint density at radius 3 is 2.57 bits per heavy atom. The van der Waals surface area contributed by atoms with Crippen LogP contribution in [0.15, 0.2) is 21.5 Å². The summed E-state index contributed by atoms with van der Waals surface area (Å²) >= 11 is 3.19. The number of rotatable bonds is 8. The zero-order valence-corrected chi connectivity index (χ0v) is 14.5. The molecule has 0 saturated carbocycles. The molecule has 0 aliphatic carbocycles. The normalized spacial score (nSPS) is 12.1. The van der Waals surface area contributed by atoms with E-state index >= 15 is 0 Å². The summed E-state index contributed by atoms with van der Waals surface area (Å²) in [5.74, 6) is -0.796. The first-order valence-electron chi connectivity index (χ1n) is 6.64. The molecule has 0 bridgehead atoms. The van der Waals surface area contributed by atoms with Crippen LogP contribution in [-0.2, 0) is 21.3 Å². The molecule has 0 unspecified atom stereocenters. The maximum absolute atomic E-state index is 14.3. The van der Waals surface area contributed by atoms with Crippen molar-refractivity contribution in [1.82, 2.24) is 4.31 Å². The van der Waals surface area contributed by atoms with E-state index in [9.17, 15) is 12.8 Å². The third kappa shape index (κ3) is 4.46. The van der Waals surface area contributed by atoms with Gasteiger partial charge in [-0.2, -0.15) is 4.31 Å². The number of nitrogens with two attached hydrogens (primary N) is 1. The van der Waals surface area contributed by atoms with Crippen LogP contribution < -0.4 is 5.73 Å². The van der Waals surface area contributed by atoms with Crippen molar-refractivity contribution in [2.45, 2.75) is 25.3 Å². The van der Waals surface area contributed by atoms with Gasteiger partial charge in [-0.3, -0.25) is 0 Å². The molecule has 0 aliphatic rings. The van der Waals surface area contributed by atoms with E-state index in [1.165, 1.54) is 16.4 Å². The Morgan fingerprint density at radius 1 is 1.38 bits per heavy atom. The molecule has 1 rings (SSSR count). The molecule has 0 aliphatic heterocycles. The largest absolute Gasteiger partial charge is 0.380 e. The number of nitrogens with zero attached hydrogens (tertiary/aromatic N) is 1. The number of hydrogen-bond donors (Lipinski definition) is 1. The second-order valence-electron chi connectivity index (χ2n) is 4.27. The second kappa shape index (κ2) is 8.19. The van der Waals surface area contributed by atoms with Gasteiger partial charge in [0.2, 0.25) is 10.0 Å². The first-order valence-corrected chi connectivity index (χ1v) is 8.87. The van der Waals surface area contributed by atoms with Crippen LogP contribution in [0.3, 0.4) is 0 Å². The van der Waals surface area contributed by atoms with Crippen molar-refractivity contribution in [3.05, 3.63) is 28.0 Å². The third-order valence-corrected chi connectivity index (χ3v) is 5.39. The van der Waals surface area contributed by atoms with Gasteiger partial charge in [0.25, 0.3) is 0 Å². The van der Waals surface area contributed by atoms with Crippen molar-refractivity contribution in [3.8, 4) is 0 Å². The molecule has 0 amide bonds. The molecule has 0 atom stereocenters. The van der Waals surface area contributed by atoms with Gasteiger partial charge in [0.05, 0.1) is 6.61 Å². The van der Waals surface area contributed by atoms with Gasteiger partial charge in [0, 0.05) is 36.3 Å². The number of sulfonamides is 1. The average molecular weight is 383 g/mol. The number of benzene rings is 1. The summed E-state index contributed by atoms with van der Waals surface area (Å²) in [7, 11) is -3.92. The van der Waals surface area contributed by atoms with Gasteiger partial charge >= 0.3 is 0 Å². The number of hydrogen-bond acceptors (Lipinski definition) is 4. The molecule has 1 aromatic rings. The summed E-state index contributed by atoms with van der Waals surface area (Å²) in [6.07, 6.45) is 0. The molecule has 0 aromatic heterocycles. The first-order chi connectivity index (χ1) is 9.88. The van der Waals surface area contributed by atoms with Crippen LogP contribution in [0.25, 0.3) is 0 Å². The topological polar surface area (TPSA) is 72.6 Å². The number of halogens is 2. The first kappa shape index (κ1) is 18.5. The zero-order chi connectivity index (χ0) is 16.0. The SMILES string of the molecule is CCOCCN(CC)S(=O)(=O)c1cc(Br)cc(CN)c1F. The van der Waals surface area contributed by atoms with E-state index in [2.05, 4.69) is 15.9 Å². The molecule has 0 spiro atoms. The molecule has 0 saturated heterocycles. The molecule has 0 heterocycles. The molecular weight excluding hydrogens is 363 g/mol. The molecule has 0 radical (unpaired) electrons. The maximum atomic E-state index is 14.3. The third-order valence-electron chi connectivity index (χ3n) is 2.96. The minimum atomic E-state index is -3.92. The Hall–Kier alpha value is -0.540. The van der Waals surface area contributed by atoms with Crippen LogP contribution in [-0.4, -0.2) is 39.0 Å². The Kier molecular flexibility index (Phi) is 7.22. The fourth-order valence-corrected chi connectivity index (χ4v) is 4.08. The van der Waals surface area contributed by atoms with Crippen molar-refractivity contribution < 1.29 is 17.5 Å². The Labute approximate surface area is 133 Å². The maximum Gasteiger partial charge on any atom is 0.246 e. The van der Waals surface area contributed by atoms with Gasteiger partial charge in [0.15, 0.2) is 0 Å². The number of ether oxygens (including phenoxy) is 1. The van der Waals surface area contributed by atoms with E-state index in [1.54, 1.807) is 6.92 Å². The Morgan fingerprint density at radius 2 is 2.05 bits per heavy atom. The molecule has 120 valence electrons. The van der Waals surface area contributed by atoms with Crippen LogP contribution >= 0.6 is 15.9 Å². The summed E-state index contributed by atoms with van der Waals surface area (Å²) in [6, 6.07) is 2.73. The zero-order valence-electron chi connectivity index (χ0n) is 12.1. The highest BCUT2D eigenvalue weighted by molar-refractivity contribution is 9.10. The van der Waals surface area contributed by atoms with Crippen LogP contribution in [0.4, 0.5) is 4.39 Å². The highest BCUT2D eigenvalue weighted by Gasteiger charge is 2.27. The van der Waals surface area contributed by atoms with Gasteiger partial charge in [-0.15, -0.1) is 0 Å². The summed E-state index contributed by atoms with van der Waals surface area (Å²) in [4.78, 5) is -0.365. The monoisotopic (exact) mass is 382 g/mol. The highest BCUT2D eigenvalue weighted by atomic mass is 79.9. The lowest BCUT2D eigenvalue weighted by molar-refractivity contribution is 0.135. The van der Waals surface area contributed by atoms with Crippen molar-refractivity contribution in [2.75, 3.05) is 26.3 Å². The average Bonchev–Trinajstić information content (AvgIpc) is 2.45. The summed E-state index contributed by atoms with van der Waals surface area (Å²) < 4.78 is 46.3. The van der Waals surface area contributed by atoms with Crippen molar-refractivity contribution >= 4 is 26.0 Å². The van der Waals surface area contributed by atoms with Gasteiger partial charge in [-0.25, -0.2) is 12.8 Å². The molecule has 0 fully saturated rings. The molecule has 8 heteroatoms. The fraction of sp³-hybridized carbons (Fsp3) is 0.538. The Bertz CT molecular complexity index is 581. The fourth-order valence-electron chi connectivity index (χ4n) is 1.85. The Balaban J connectivity index is 3.19. The van der Waals surface area contributed by atoms with Gasteiger partial charge in [-0.1, -0.05) is 22.9 Å².